The van der Waals surface area contributed by atoms with Crippen molar-refractivity contribution in [1.29, 1.82) is 0 Å². The number of anilines is 1. The molecule has 0 radical (unpaired) electrons. The van der Waals surface area contributed by atoms with E-state index < -0.39 is 5.97 Å². The minimum Gasteiger partial charge on any atom is -0.497 e. The summed E-state index contributed by atoms with van der Waals surface area (Å²) in [5.74, 6) is -0.467. The molecule has 0 heterocycles. The van der Waals surface area contributed by atoms with E-state index in [0.29, 0.717) is 17.0 Å². The first-order valence-electron chi connectivity index (χ1n) is 9.46. The van der Waals surface area contributed by atoms with Crippen LogP contribution in [0.4, 0.5) is 5.69 Å². The molecule has 0 bridgehead atoms. The molecule has 2 rings (SSSR count). The molecule has 30 heavy (non-hydrogen) atoms. The Morgan fingerprint density at radius 2 is 1.83 bits per heavy atom. The van der Waals surface area contributed by atoms with Crippen LogP contribution in [0.25, 0.3) is 6.08 Å². The van der Waals surface area contributed by atoms with Gasteiger partial charge in [-0.2, -0.15) is 0 Å². The summed E-state index contributed by atoms with van der Waals surface area (Å²) in [6.07, 6.45) is 2.81. The van der Waals surface area contributed by atoms with Crippen molar-refractivity contribution < 1.29 is 23.9 Å². The number of rotatable bonds is 8. The summed E-state index contributed by atoms with van der Waals surface area (Å²) in [5, 5.41) is 2.68. The van der Waals surface area contributed by atoms with E-state index in [9.17, 15) is 14.4 Å². The molecule has 2 aromatic rings. The molecule has 0 aliphatic carbocycles. The van der Waals surface area contributed by atoms with E-state index in [1.807, 2.05) is 18.2 Å². The molecule has 0 spiro atoms. The van der Waals surface area contributed by atoms with E-state index in [2.05, 4.69) is 5.32 Å². The second-order valence-electron chi connectivity index (χ2n) is 6.89. The maximum Gasteiger partial charge on any atom is 0.338 e. The molecule has 7 heteroatoms. The van der Waals surface area contributed by atoms with Gasteiger partial charge in [0.25, 0.3) is 0 Å². The van der Waals surface area contributed by atoms with Crippen LogP contribution in [0.15, 0.2) is 54.6 Å². The van der Waals surface area contributed by atoms with Crippen LogP contribution in [0.5, 0.6) is 5.75 Å². The maximum atomic E-state index is 12.3. The second-order valence-corrected chi connectivity index (χ2v) is 6.89. The Hall–Kier alpha value is -3.61. The van der Waals surface area contributed by atoms with E-state index in [4.69, 9.17) is 9.47 Å². The summed E-state index contributed by atoms with van der Waals surface area (Å²) in [6, 6.07) is 13.7. The molecule has 0 aromatic heterocycles. The topological polar surface area (TPSA) is 84.9 Å². The summed E-state index contributed by atoms with van der Waals surface area (Å²) < 4.78 is 10.3. The van der Waals surface area contributed by atoms with Gasteiger partial charge in [-0.1, -0.05) is 18.2 Å². The predicted molar refractivity (Wildman–Crippen MR) is 115 cm³/mol. The predicted octanol–water partition coefficient (Wildman–Crippen LogP) is 3.37. The Kier molecular flexibility index (Phi) is 8.17. The number of methoxy groups -OCH3 is 1. The van der Waals surface area contributed by atoms with Crippen molar-refractivity contribution in [3.63, 3.8) is 0 Å². The monoisotopic (exact) mass is 410 g/mol. The fraction of sp³-hybridized carbons (Fsp3) is 0.261. The molecular weight excluding hydrogens is 384 g/mol. The third-order valence-corrected chi connectivity index (χ3v) is 3.99. The number of hydrogen-bond donors (Lipinski definition) is 1. The van der Waals surface area contributed by atoms with Gasteiger partial charge in [0.2, 0.25) is 11.8 Å². The average Bonchev–Trinajstić information content (AvgIpc) is 2.71. The van der Waals surface area contributed by atoms with E-state index in [1.165, 1.54) is 24.1 Å². The van der Waals surface area contributed by atoms with E-state index in [0.717, 1.165) is 5.56 Å². The van der Waals surface area contributed by atoms with Gasteiger partial charge in [-0.05, 0) is 55.8 Å². The van der Waals surface area contributed by atoms with Crippen molar-refractivity contribution in [1.82, 2.24) is 4.90 Å². The van der Waals surface area contributed by atoms with Crippen LogP contribution in [0.1, 0.15) is 29.8 Å². The molecule has 0 fully saturated rings. The van der Waals surface area contributed by atoms with Gasteiger partial charge in [-0.15, -0.1) is 0 Å². The van der Waals surface area contributed by atoms with Crippen molar-refractivity contribution in [2.24, 2.45) is 0 Å². The third-order valence-electron chi connectivity index (χ3n) is 3.99. The van der Waals surface area contributed by atoms with Crippen LogP contribution in [-0.2, 0) is 14.3 Å². The SMILES string of the molecule is COc1cccc(/C=C/C(=O)N(C)CC(=O)Nc2cccc(C(=O)OC(C)C)c2)c1. The van der Waals surface area contributed by atoms with Gasteiger partial charge in [-0.3, -0.25) is 9.59 Å². The Bertz CT molecular complexity index is 937. The molecule has 0 unspecified atom stereocenters. The standard InChI is InChI=1S/C23H26N2O5/c1-16(2)30-23(28)18-8-6-9-19(14-18)24-21(26)15-25(3)22(27)12-11-17-7-5-10-20(13-17)29-4/h5-14,16H,15H2,1-4H3,(H,24,26)/b12-11+. The maximum absolute atomic E-state index is 12.3. The zero-order chi connectivity index (χ0) is 22.1. The third kappa shape index (κ3) is 7.09. The lowest BCUT2D eigenvalue weighted by Crippen LogP contribution is -2.33. The van der Waals surface area contributed by atoms with Crippen LogP contribution in [0.3, 0.4) is 0 Å². The largest absolute Gasteiger partial charge is 0.497 e. The summed E-state index contributed by atoms with van der Waals surface area (Å²) >= 11 is 0. The molecule has 2 amide bonds. The number of ether oxygens (including phenoxy) is 2. The fourth-order valence-electron chi connectivity index (χ4n) is 2.54. The molecule has 0 atom stereocenters. The number of carbonyl (C=O) groups is 3. The second kappa shape index (κ2) is 10.8. The van der Waals surface area contributed by atoms with Gasteiger partial charge in [0.1, 0.15) is 5.75 Å². The quantitative estimate of drug-likeness (QED) is 0.533. The fourth-order valence-corrected chi connectivity index (χ4v) is 2.54. The molecular formula is C23H26N2O5. The van der Waals surface area contributed by atoms with Crippen LogP contribution in [-0.4, -0.2) is 49.5 Å². The summed E-state index contributed by atoms with van der Waals surface area (Å²) in [6.45, 7) is 3.39. The highest BCUT2D eigenvalue weighted by Gasteiger charge is 2.13. The number of carbonyl (C=O) groups excluding carboxylic acids is 3. The van der Waals surface area contributed by atoms with Crippen molar-refractivity contribution in [3.05, 3.63) is 65.7 Å². The van der Waals surface area contributed by atoms with Gasteiger partial charge in [0.05, 0.1) is 25.3 Å². The minimum atomic E-state index is -0.462. The lowest BCUT2D eigenvalue weighted by molar-refractivity contribution is -0.129. The molecule has 0 saturated heterocycles. The van der Waals surface area contributed by atoms with Crippen LogP contribution < -0.4 is 10.1 Å². The van der Waals surface area contributed by atoms with E-state index in [-0.39, 0.29) is 24.5 Å². The van der Waals surface area contributed by atoms with Crippen molar-refractivity contribution in [2.75, 3.05) is 26.0 Å². The summed E-state index contributed by atoms with van der Waals surface area (Å²) in [4.78, 5) is 37.8. The average molecular weight is 410 g/mol. The smallest absolute Gasteiger partial charge is 0.338 e. The first-order chi connectivity index (χ1) is 14.3. The Morgan fingerprint density at radius 1 is 1.10 bits per heavy atom. The first kappa shape index (κ1) is 22.7. The highest BCUT2D eigenvalue weighted by molar-refractivity contribution is 5.98. The molecule has 0 aliphatic rings. The first-order valence-corrected chi connectivity index (χ1v) is 9.46. The van der Waals surface area contributed by atoms with Gasteiger partial charge in [0.15, 0.2) is 0 Å². The highest BCUT2D eigenvalue weighted by atomic mass is 16.5. The van der Waals surface area contributed by atoms with Crippen LogP contribution >= 0.6 is 0 Å². The van der Waals surface area contributed by atoms with Crippen molar-refractivity contribution in [2.45, 2.75) is 20.0 Å². The van der Waals surface area contributed by atoms with Gasteiger partial charge in [0, 0.05) is 18.8 Å². The normalized spacial score (nSPS) is 10.7. The van der Waals surface area contributed by atoms with Crippen LogP contribution in [0.2, 0.25) is 0 Å². The lowest BCUT2D eigenvalue weighted by Gasteiger charge is -2.15. The Balaban J connectivity index is 1.93. The molecule has 7 nitrogen and oxygen atoms in total. The molecule has 2 aromatic carbocycles. The number of esters is 1. The zero-order valence-corrected chi connectivity index (χ0v) is 17.5. The summed E-state index contributed by atoms with van der Waals surface area (Å²) in [5.41, 5.74) is 1.60. The van der Waals surface area contributed by atoms with E-state index >= 15 is 0 Å². The minimum absolute atomic E-state index is 0.137. The van der Waals surface area contributed by atoms with Gasteiger partial charge in [-0.25, -0.2) is 4.79 Å². The zero-order valence-electron chi connectivity index (χ0n) is 17.5. The van der Waals surface area contributed by atoms with Crippen molar-refractivity contribution >= 4 is 29.5 Å². The number of nitrogens with one attached hydrogen (secondary N) is 1. The Morgan fingerprint density at radius 3 is 2.53 bits per heavy atom. The van der Waals surface area contributed by atoms with Gasteiger partial charge < -0.3 is 19.7 Å². The molecule has 1 N–H and O–H groups in total. The Labute approximate surface area is 176 Å². The van der Waals surface area contributed by atoms with E-state index in [1.54, 1.807) is 51.3 Å². The molecule has 0 aliphatic heterocycles. The van der Waals surface area contributed by atoms with Gasteiger partial charge >= 0.3 is 5.97 Å². The number of hydrogen-bond acceptors (Lipinski definition) is 5. The number of likely N-dealkylation sites (N-methyl/N-ethyl adjacent to an activating group) is 1. The highest BCUT2D eigenvalue weighted by Crippen LogP contribution is 2.14. The summed E-state index contributed by atoms with van der Waals surface area (Å²) in [7, 11) is 3.11. The number of nitrogens with zero attached hydrogens (tertiary/aromatic N) is 1. The lowest BCUT2D eigenvalue weighted by atomic mass is 10.2. The molecule has 0 saturated carbocycles. The van der Waals surface area contributed by atoms with Crippen molar-refractivity contribution in [3.8, 4) is 5.75 Å². The van der Waals surface area contributed by atoms with Crippen LogP contribution in [0, 0.1) is 0 Å². The number of amides is 2. The molecule has 158 valence electrons. The number of benzene rings is 2.